The third-order valence-electron chi connectivity index (χ3n) is 5.20. The maximum Gasteiger partial charge on any atom is 0.193 e. The van der Waals surface area contributed by atoms with Crippen molar-refractivity contribution in [1.29, 1.82) is 0 Å². The Morgan fingerprint density at radius 2 is 1.74 bits per heavy atom. The number of halogens is 2. The van der Waals surface area contributed by atoms with Crippen molar-refractivity contribution in [2.75, 3.05) is 51.4 Å². The number of benzene rings is 2. The SMILES string of the molecule is I.NC(=NCC(c1ccc(Cl)cc1)N1CCOCC1)Nc1ccc2c(c1)OCCCO2. The minimum Gasteiger partial charge on any atom is -0.490 e. The van der Waals surface area contributed by atoms with E-state index < -0.39 is 0 Å². The number of aliphatic imine (C=N–C) groups is 1. The first-order valence-corrected chi connectivity index (χ1v) is 10.6. The van der Waals surface area contributed by atoms with Gasteiger partial charge in [-0.2, -0.15) is 0 Å². The lowest BCUT2D eigenvalue weighted by atomic mass is 10.0. The topological polar surface area (TPSA) is 81.3 Å². The minimum atomic E-state index is 0. The molecule has 31 heavy (non-hydrogen) atoms. The van der Waals surface area contributed by atoms with Gasteiger partial charge in [-0.05, 0) is 29.8 Å². The van der Waals surface area contributed by atoms with E-state index >= 15 is 0 Å². The summed E-state index contributed by atoms with van der Waals surface area (Å²) in [6.45, 7) is 5.00. The van der Waals surface area contributed by atoms with Gasteiger partial charge in [0, 0.05) is 36.3 Å². The fourth-order valence-electron chi connectivity index (χ4n) is 3.62. The van der Waals surface area contributed by atoms with Crippen LogP contribution in [-0.4, -0.2) is 56.9 Å². The maximum atomic E-state index is 6.20. The third-order valence-corrected chi connectivity index (χ3v) is 5.45. The molecule has 0 saturated carbocycles. The molecule has 1 saturated heterocycles. The van der Waals surface area contributed by atoms with Gasteiger partial charge >= 0.3 is 0 Å². The molecule has 7 nitrogen and oxygen atoms in total. The Bertz CT molecular complexity index is 876. The number of rotatable bonds is 5. The van der Waals surface area contributed by atoms with E-state index in [0.29, 0.717) is 25.7 Å². The van der Waals surface area contributed by atoms with Crippen LogP contribution in [0.5, 0.6) is 11.5 Å². The van der Waals surface area contributed by atoms with Crippen LogP contribution in [0.15, 0.2) is 47.5 Å². The predicted octanol–water partition coefficient (Wildman–Crippen LogP) is 3.92. The van der Waals surface area contributed by atoms with Crippen LogP contribution < -0.4 is 20.5 Å². The Kier molecular flexibility index (Phi) is 9.06. The van der Waals surface area contributed by atoms with E-state index in [2.05, 4.69) is 15.2 Å². The first-order valence-electron chi connectivity index (χ1n) is 10.2. The fourth-order valence-corrected chi connectivity index (χ4v) is 3.75. The third kappa shape index (κ3) is 6.61. The van der Waals surface area contributed by atoms with Crippen molar-refractivity contribution >= 4 is 47.2 Å². The normalized spacial score (nSPS) is 17.9. The number of fused-ring (bicyclic) bond motifs is 1. The van der Waals surface area contributed by atoms with Crippen LogP contribution in [0.25, 0.3) is 0 Å². The smallest absolute Gasteiger partial charge is 0.193 e. The van der Waals surface area contributed by atoms with Crippen LogP contribution in [0.2, 0.25) is 5.02 Å². The number of morpholine rings is 1. The van der Waals surface area contributed by atoms with Gasteiger partial charge in [-0.1, -0.05) is 23.7 Å². The molecule has 9 heteroatoms. The highest BCUT2D eigenvalue weighted by Crippen LogP contribution is 2.32. The highest BCUT2D eigenvalue weighted by Gasteiger charge is 2.22. The number of hydrogen-bond donors (Lipinski definition) is 2. The van der Waals surface area contributed by atoms with E-state index in [1.54, 1.807) is 0 Å². The van der Waals surface area contributed by atoms with Crippen molar-refractivity contribution in [3.63, 3.8) is 0 Å². The second-order valence-corrected chi connectivity index (χ2v) is 7.72. The summed E-state index contributed by atoms with van der Waals surface area (Å²) < 4.78 is 16.9. The quantitative estimate of drug-likeness (QED) is 0.329. The molecule has 0 radical (unpaired) electrons. The Hall–Kier alpha value is -1.75. The Morgan fingerprint density at radius 3 is 2.48 bits per heavy atom. The molecule has 1 atom stereocenters. The summed E-state index contributed by atoms with van der Waals surface area (Å²) in [6.07, 6.45) is 0.870. The van der Waals surface area contributed by atoms with Gasteiger partial charge in [-0.25, -0.2) is 0 Å². The van der Waals surface area contributed by atoms with Gasteiger partial charge in [-0.3, -0.25) is 9.89 Å². The van der Waals surface area contributed by atoms with E-state index in [-0.39, 0.29) is 30.0 Å². The molecule has 2 aliphatic rings. The number of nitrogens with one attached hydrogen (secondary N) is 1. The van der Waals surface area contributed by atoms with Crippen LogP contribution in [0, 0.1) is 0 Å². The van der Waals surface area contributed by atoms with Crippen molar-refractivity contribution in [3.05, 3.63) is 53.1 Å². The average molecular weight is 559 g/mol. The molecule has 0 amide bonds. The molecule has 0 bridgehead atoms. The highest BCUT2D eigenvalue weighted by atomic mass is 127. The van der Waals surface area contributed by atoms with Crippen molar-refractivity contribution in [3.8, 4) is 11.5 Å². The van der Waals surface area contributed by atoms with E-state index in [1.807, 2.05) is 42.5 Å². The van der Waals surface area contributed by atoms with Gasteiger partial charge in [0.2, 0.25) is 0 Å². The molecule has 0 aliphatic carbocycles. The van der Waals surface area contributed by atoms with Crippen molar-refractivity contribution in [1.82, 2.24) is 4.90 Å². The molecule has 0 spiro atoms. The van der Waals surface area contributed by atoms with Crippen molar-refractivity contribution in [2.24, 2.45) is 10.7 Å². The summed E-state index contributed by atoms with van der Waals surface area (Å²) in [7, 11) is 0. The second-order valence-electron chi connectivity index (χ2n) is 7.28. The van der Waals surface area contributed by atoms with Gasteiger partial charge in [0.05, 0.1) is 39.0 Å². The Morgan fingerprint density at radius 1 is 1.03 bits per heavy atom. The highest BCUT2D eigenvalue weighted by molar-refractivity contribution is 14.0. The first-order chi connectivity index (χ1) is 14.7. The molecule has 2 aliphatic heterocycles. The fraction of sp³-hybridized carbons (Fsp3) is 0.409. The first kappa shape index (κ1) is 23.9. The van der Waals surface area contributed by atoms with Gasteiger partial charge in [0.25, 0.3) is 0 Å². The van der Waals surface area contributed by atoms with Crippen LogP contribution in [0.1, 0.15) is 18.0 Å². The summed E-state index contributed by atoms with van der Waals surface area (Å²) in [4.78, 5) is 6.99. The molecular formula is C22H28ClIN4O3. The van der Waals surface area contributed by atoms with Crippen molar-refractivity contribution in [2.45, 2.75) is 12.5 Å². The van der Waals surface area contributed by atoms with E-state index in [1.165, 1.54) is 0 Å². The largest absolute Gasteiger partial charge is 0.490 e. The lowest BCUT2D eigenvalue weighted by molar-refractivity contribution is 0.0180. The van der Waals surface area contributed by atoms with Gasteiger partial charge < -0.3 is 25.3 Å². The molecule has 1 unspecified atom stereocenters. The lowest BCUT2D eigenvalue weighted by Gasteiger charge is -2.34. The van der Waals surface area contributed by atoms with Gasteiger partial charge in [0.1, 0.15) is 0 Å². The number of nitrogens with zero attached hydrogens (tertiary/aromatic N) is 2. The molecule has 3 N–H and O–H groups in total. The number of hydrogen-bond acceptors (Lipinski definition) is 5. The molecular weight excluding hydrogens is 531 g/mol. The van der Waals surface area contributed by atoms with Crippen LogP contribution >= 0.6 is 35.6 Å². The summed E-state index contributed by atoms with van der Waals surface area (Å²) in [6, 6.07) is 13.7. The predicted molar refractivity (Wildman–Crippen MR) is 134 cm³/mol. The molecule has 1 fully saturated rings. The molecule has 0 aromatic heterocycles. The summed E-state index contributed by atoms with van der Waals surface area (Å²) in [5, 5.41) is 3.88. The maximum absolute atomic E-state index is 6.20. The number of guanidine groups is 1. The molecule has 168 valence electrons. The minimum absolute atomic E-state index is 0. The van der Waals surface area contributed by atoms with Gasteiger partial charge in [0.15, 0.2) is 17.5 Å². The second kappa shape index (κ2) is 11.8. The average Bonchev–Trinajstić information content (AvgIpc) is 3.01. The van der Waals surface area contributed by atoms with Crippen LogP contribution in [-0.2, 0) is 4.74 Å². The zero-order chi connectivity index (χ0) is 20.8. The molecule has 2 heterocycles. The zero-order valence-corrected chi connectivity index (χ0v) is 20.3. The number of nitrogens with two attached hydrogens (primary N) is 1. The number of ether oxygens (including phenoxy) is 3. The summed E-state index contributed by atoms with van der Waals surface area (Å²) >= 11 is 6.07. The molecule has 4 rings (SSSR count). The van der Waals surface area contributed by atoms with E-state index in [0.717, 1.165) is 60.5 Å². The van der Waals surface area contributed by atoms with E-state index in [9.17, 15) is 0 Å². The van der Waals surface area contributed by atoms with Crippen molar-refractivity contribution < 1.29 is 14.2 Å². The Labute approximate surface area is 204 Å². The molecule has 2 aromatic carbocycles. The monoisotopic (exact) mass is 558 g/mol. The van der Waals surface area contributed by atoms with E-state index in [4.69, 9.17) is 31.5 Å². The van der Waals surface area contributed by atoms with Crippen LogP contribution in [0.4, 0.5) is 5.69 Å². The number of anilines is 1. The van der Waals surface area contributed by atoms with Gasteiger partial charge in [-0.15, -0.1) is 24.0 Å². The standard InChI is InChI=1S/C22H27ClN4O3.HI/c23-17-4-2-16(3-5-17)19(27-8-12-28-13-9-27)15-25-22(24)26-18-6-7-20-21(14-18)30-11-1-10-29-20;/h2-7,14,19H,1,8-13,15H2,(H3,24,25,26);1H. The summed E-state index contributed by atoms with van der Waals surface area (Å²) in [5.74, 6) is 1.83. The zero-order valence-electron chi connectivity index (χ0n) is 17.3. The lowest BCUT2D eigenvalue weighted by Crippen LogP contribution is -2.40. The van der Waals surface area contributed by atoms with Crippen LogP contribution in [0.3, 0.4) is 0 Å². The Balaban J connectivity index is 0.00000272. The molecule has 2 aromatic rings. The summed E-state index contributed by atoms with van der Waals surface area (Å²) in [5.41, 5.74) is 8.17.